The molecule has 4 rings (SSSR count). The van der Waals surface area contributed by atoms with Crippen LogP contribution in [0.15, 0.2) is 40.9 Å². The van der Waals surface area contributed by atoms with Crippen LogP contribution < -0.4 is 9.64 Å². The first-order chi connectivity index (χ1) is 13.1. The van der Waals surface area contributed by atoms with Gasteiger partial charge in [-0.05, 0) is 43.7 Å². The normalized spacial score (nSPS) is 21.2. The van der Waals surface area contributed by atoms with Crippen molar-refractivity contribution in [3.8, 4) is 5.75 Å². The molecular weight excluding hydrogens is 430 g/mol. The third-order valence-corrected chi connectivity index (χ3v) is 6.08. The number of nitro benzene ring substituents is 2. The average Bonchev–Trinajstić information content (AvgIpc) is 2.79. The predicted molar refractivity (Wildman–Crippen MR) is 108 cm³/mol. The molecule has 2 aliphatic heterocycles. The molecule has 8 nitrogen and oxygen atoms in total. The van der Waals surface area contributed by atoms with Crippen molar-refractivity contribution >= 4 is 39.1 Å². The molecule has 0 bridgehead atoms. The van der Waals surface area contributed by atoms with Crippen LogP contribution in [0.3, 0.4) is 0 Å². The summed E-state index contributed by atoms with van der Waals surface area (Å²) in [5.74, 6) is 0.179. The van der Waals surface area contributed by atoms with Crippen molar-refractivity contribution in [3.63, 3.8) is 0 Å². The van der Waals surface area contributed by atoms with Gasteiger partial charge in [0.15, 0.2) is 0 Å². The standard InChI is InChI=1S/C19H16BrN3O5/c1-18(2)14-10-13(22(24)25)4-5-15(14)21(3)19(18)7-6-11-8-12(20)9-16(23(26)27)17(11)28-19/h4-10H,1-3H3/t19-/m0/s1. The van der Waals surface area contributed by atoms with E-state index < -0.39 is 21.0 Å². The van der Waals surface area contributed by atoms with Gasteiger partial charge in [0, 0.05) is 41.0 Å². The minimum absolute atomic E-state index is 0.00706. The molecule has 2 heterocycles. The second kappa shape index (κ2) is 5.78. The summed E-state index contributed by atoms with van der Waals surface area (Å²) in [5, 5.41) is 22.8. The summed E-state index contributed by atoms with van der Waals surface area (Å²) in [6, 6.07) is 7.84. The van der Waals surface area contributed by atoms with Crippen molar-refractivity contribution in [1.82, 2.24) is 0 Å². The molecule has 9 heteroatoms. The topological polar surface area (TPSA) is 98.8 Å². The number of hydrogen-bond acceptors (Lipinski definition) is 6. The fraction of sp³-hybridized carbons (Fsp3) is 0.263. The molecule has 144 valence electrons. The van der Waals surface area contributed by atoms with Crippen LogP contribution >= 0.6 is 15.9 Å². The number of fused-ring (bicyclic) bond motifs is 2. The maximum atomic E-state index is 11.6. The van der Waals surface area contributed by atoms with E-state index in [1.807, 2.05) is 31.9 Å². The molecule has 0 radical (unpaired) electrons. The largest absolute Gasteiger partial charge is 0.456 e. The Kier molecular flexibility index (Phi) is 3.80. The van der Waals surface area contributed by atoms with Crippen molar-refractivity contribution in [2.45, 2.75) is 25.0 Å². The Labute approximate surface area is 168 Å². The Hall–Kier alpha value is -2.94. The van der Waals surface area contributed by atoms with Crippen molar-refractivity contribution in [2.24, 2.45) is 0 Å². The summed E-state index contributed by atoms with van der Waals surface area (Å²) in [6.45, 7) is 3.83. The first kappa shape index (κ1) is 18.4. The van der Waals surface area contributed by atoms with Crippen LogP contribution in [0.4, 0.5) is 17.1 Å². The highest BCUT2D eigenvalue weighted by Gasteiger charge is 2.58. The van der Waals surface area contributed by atoms with Gasteiger partial charge in [0.2, 0.25) is 11.5 Å². The van der Waals surface area contributed by atoms with Crippen LogP contribution in [0, 0.1) is 20.2 Å². The van der Waals surface area contributed by atoms with Gasteiger partial charge in [-0.15, -0.1) is 0 Å². The Bertz CT molecular complexity index is 1080. The van der Waals surface area contributed by atoms with Gasteiger partial charge in [0.25, 0.3) is 5.69 Å². The molecule has 2 aliphatic rings. The highest BCUT2D eigenvalue weighted by atomic mass is 79.9. The number of halogens is 1. The molecule has 1 spiro atoms. The van der Waals surface area contributed by atoms with E-state index in [4.69, 9.17) is 4.74 Å². The number of anilines is 1. The lowest BCUT2D eigenvalue weighted by atomic mass is 9.76. The maximum absolute atomic E-state index is 11.6. The van der Waals surface area contributed by atoms with E-state index in [1.54, 1.807) is 24.3 Å². The molecule has 0 saturated heterocycles. The number of nitrogens with zero attached hydrogens (tertiary/aromatic N) is 3. The number of hydrogen-bond donors (Lipinski definition) is 0. The highest BCUT2D eigenvalue weighted by molar-refractivity contribution is 9.10. The quantitative estimate of drug-likeness (QED) is 0.486. The van der Waals surface area contributed by atoms with Crippen LogP contribution in [-0.4, -0.2) is 22.6 Å². The lowest BCUT2D eigenvalue weighted by molar-refractivity contribution is -0.386. The van der Waals surface area contributed by atoms with Crippen LogP contribution in [0.5, 0.6) is 5.75 Å². The van der Waals surface area contributed by atoms with Gasteiger partial charge < -0.3 is 9.64 Å². The number of rotatable bonds is 2. The van der Waals surface area contributed by atoms with Crippen molar-refractivity contribution in [3.05, 3.63) is 72.2 Å². The third kappa shape index (κ3) is 2.29. The van der Waals surface area contributed by atoms with E-state index in [-0.39, 0.29) is 17.1 Å². The molecule has 2 aromatic rings. The predicted octanol–water partition coefficient (Wildman–Crippen LogP) is 4.80. The minimum Gasteiger partial charge on any atom is -0.456 e. The summed E-state index contributed by atoms with van der Waals surface area (Å²) in [7, 11) is 1.82. The second-order valence-electron chi connectivity index (χ2n) is 7.37. The van der Waals surface area contributed by atoms with E-state index >= 15 is 0 Å². The monoisotopic (exact) mass is 445 g/mol. The number of ether oxygens (including phenoxy) is 1. The lowest BCUT2D eigenvalue weighted by Gasteiger charge is -2.45. The van der Waals surface area contributed by atoms with Gasteiger partial charge in [-0.25, -0.2) is 0 Å². The molecule has 0 fully saturated rings. The van der Waals surface area contributed by atoms with Crippen molar-refractivity contribution in [1.29, 1.82) is 0 Å². The summed E-state index contributed by atoms with van der Waals surface area (Å²) >= 11 is 3.30. The van der Waals surface area contributed by atoms with Gasteiger partial charge in [-0.2, -0.15) is 0 Å². The van der Waals surface area contributed by atoms with Crippen LogP contribution in [-0.2, 0) is 5.41 Å². The summed E-state index contributed by atoms with van der Waals surface area (Å²) in [4.78, 5) is 23.8. The fourth-order valence-electron chi connectivity index (χ4n) is 4.10. The zero-order chi connectivity index (χ0) is 20.4. The molecule has 2 aromatic carbocycles. The van der Waals surface area contributed by atoms with Crippen LogP contribution in [0.25, 0.3) is 6.08 Å². The minimum atomic E-state index is -1.06. The lowest BCUT2D eigenvalue weighted by Crippen LogP contribution is -2.58. The molecule has 1 atom stereocenters. The first-order valence-corrected chi connectivity index (χ1v) is 9.27. The van der Waals surface area contributed by atoms with E-state index in [0.29, 0.717) is 10.0 Å². The SMILES string of the molecule is CN1c2ccc([N+](=O)[O-])cc2C(C)(C)[C@@]12C=Cc1cc(Br)cc([N+](=O)[O-])c1O2. The fourth-order valence-corrected chi connectivity index (χ4v) is 4.56. The number of non-ortho nitro benzene ring substituents is 1. The molecule has 0 N–H and O–H groups in total. The summed E-state index contributed by atoms with van der Waals surface area (Å²) < 4.78 is 6.93. The maximum Gasteiger partial charge on any atom is 0.312 e. The van der Waals surface area contributed by atoms with E-state index in [0.717, 1.165) is 11.3 Å². The smallest absolute Gasteiger partial charge is 0.312 e. The van der Waals surface area contributed by atoms with Crippen molar-refractivity contribution < 1.29 is 14.6 Å². The van der Waals surface area contributed by atoms with Gasteiger partial charge >= 0.3 is 5.69 Å². The Balaban J connectivity index is 1.91. The Morgan fingerprint density at radius 1 is 1.11 bits per heavy atom. The number of nitro groups is 2. The zero-order valence-electron chi connectivity index (χ0n) is 15.3. The molecule has 0 saturated carbocycles. The van der Waals surface area contributed by atoms with Gasteiger partial charge in [-0.3, -0.25) is 20.2 Å². The van der Waals surface area contributed by atoms with Crippen LogP contribution in [0.1, 0.15) is 25.0 Å². The molecule has 0 unspecified atom stereocenters. The summed E-state index contributed by atoms with van der Waals surface area (Å²) in [5.41, 5.74) is 0.207. The average molecular weight is 446 g/mol. The van der Waals surface area contributed by atoms with Gasteiger partial charge in [-0.1, -0.05) is 15.9 Å². The van der Waals surface area contributed by atoms with E-state index in [9.17, 15) is 20.2 Å². The van der Waals surface area contributed by atoms with Crippen molar-refractivity contribution in [2.75, 3.05) is 11.9 Å². The van der Waals surface area contributed by atoms with Gasteiger partial charge in [0.05, 0.1) is 15.3 Å². The van der Waals surface area contributed by atoms with Gasteiger partial charge in [0.1, 0.15) is 0 Å². The molecular formula is C19H16BrN3O5. The molecule has 0 amide bonds. The van der Waals surface area contributed by atoms with E-state index in [2.05, 4.69) is 15.9 Å². The Morgan fingerprint density at radius 3 is 2.46 bits per heavy atom. The second-order valence-corrected chi connectivity index (χ2v) is 8.29. The molecule has 0 aromatic heterocycles. The Morgan fingerprint density at radius 2 is 1.82 bits per heavy atom. The molecule has 0 aliphatic carbocycles. The number of benzene rings is 2. The van der Waals surface area contributed by atoms with E-state index in [1.165, 1.54) is 12.1 Å². The van der Waals surface area contributed by atoms with Crippen LogP contribution in [0.2, 0.25) is 0 Å². The highest BCUT2D eigenvalue weighted by Crippen LogP contribution is 2.56. The zero-order valence-corrected chi connectivity index (χ0v) is 16.9. The summed E-state index contributed by atoms with van der Waals surface area (Å²) in [6.07, 6.45) is 3.66. The first-order valence-electron chi connectivity index (χ1n) is 8.47. The third-order valence-electron chi connectivity index (χ3n) is 5.63. The number of likely N-dealkylation sites (N-methyl/N-ethyl adjacent to an activating group) is 1. The molecule has 28 heavy (non-hydrogen) atoms.